The fraction of sp³-hybridized carbons (Fsp3) is 0.750. The van der Waals surface area contributed by atoms with Gasteiger partial charge in [0.15, 0.2) is 12.2 Å². The zero-order valence-corrected chi connectivity index (χ0v) is 8.00. The minimum absolute atomic E-state index is 0.190. The maximum Gasteiger partial charge on any atom is 0.332 e. The summed E-state index contributed by atoms with van der Waals surface area (Å²) in [7, 11) is 0. The number of rotatable bonds is 8. The topological polar surface area (TPSA) is 124 Å². The molecule has 2 atom stereocenters. The molecule has 0 aromatic carbocycles. The van der Waals surface area contributed by atoms with Crippen LogP contribution in [0.5, 0.6) is 0 Å². The highest BCUT2D eigenvalue weighted by molar-refractivity contribution is 5.75. The number of aliphatic carboxylic acids is 2. The van der Waals surface area contributed by atoms with Crippen LogP contribution in [0, 0.1) is 0 Å². The molecule has 0 amide bonds. The molecule has 7 heteroatoms. The Morgan fingerprint density at radius 2 is 1.27 bits per heavy atom. The molecule has 0 aromatic heterocycles. The Morgan fingerprint density at radius 3 is 1.47 bits per heavy atom. The first-order chi connectivity index (χ1) is 7.02. The molecular weight excluding hydrogens is 208 g/mol. The minimum atomic E-state index is -1.37. The molecule has 0 aromatic rings. The van der Waals surface area contributed by atoms with Gasteiger partial charge in [0, 0.05) is 26.1 Å². The normalized spacial score (nSPS) is 14.5. The highest BCUT2D eigenvalue weighted by Gasteiger charge is 2.26. The average molecular weight is 222 g/mol. The van der Waals surface area contributed by atoms with Crippen molar-refractivity contribution in [3.63, 3.8) is 0 Å². The van der Waals surface area contributed by atoms with E-state index in [0.717, 1.165) is 0 Å². The largest absolute Gasteiger partial charge is 0.479 e. The molecule has 0 spiro atoms. The number of aliphatic hydroxyl groups is 2. The van der Waals surface area contributed by atoms with Crippen molar-refractivity contribution in [1.82, 2.24) is 0 Å². The lowest BCUT2D eigenvalue weighted by atomic mass is 10.2. The second-order valence-corrected chi connectivity index (χ2v) is 2.81. The molecule has 0 heterocycles. The van der Waals surface area contributed by atoms with Gasteiger partial charge in [0.25, 0.3) is 0 Å². The molecule has 2 unspecified atom stereocenters. The highest BCUT2D eigenvalue weighted by atomic mass is 16.5. The first-order valence-corrected chi connectivity index (χ1v) is 4.35. The first kappa shape index (κ1) is 13.8. The van der Waals surface area contributed by atoms with E-state index in [2.05, 4.69) is 0 Å². The molecular formula is C8H14O7. The predicted octanol–water partition coefficient (Wildman–Crippen LogP) is -1.33. The molecule has 0 aliphatic rings. The van der Waals surface area contributed by atoms with Crippen molar-refractivity contribution in [2.45, 2.75) is 25.0 Å². The quantitative estimate of drug-likeness (QED) is 0.401. The SMILES string of the molecule is O=C(O)C(CCO)OC(CCO)C(=O)O. The third-order valence-electron chi connectivity index (χ3n) is 1.66. The number of carboxylic acid groups (broad SMARTS) is 2. The van der Waals surface area contributed by atoms with Crippen LogP contribution in [0.15, 0.2) is 0 Å². The lowest BCUT2D eigenvalue weighted by Gasteiger charge is -2.17. The van der Waals surface area contributed by atoms with Crippen LogP contribution in [0.3, 0.4) is 0 Å². The summed E-state index contributed by atoms with van der Waals surface area (Å²) in [6, 6.07) is 0. The van der Waals surface area contributed by atoms with E-state index in [4.69, 9.17) is 25.2 Å². The van der Waals surface area contributed by atoms with Crippen LogP contribution in [-0.2, 0) is 14.3 Å². The van der Waals surface area contributed by atoms with Gasteiger partial charge in [0.05, 0.1) is 0 Å². The molecule has 0 fully saturated rings. The van der Waals surface area contributed by atoms with Crippen LogP contribution in [0.2, 0.25) is 0 Å². The van der Waals surface area contributed by atoms with Crippen molar-refractivity contribution in [2.75, 3.05) is 13.2 Å². The first-order valence-electron chi connectivity index (χ1n) is 4.35. The third kappa shape index (κ3) is 5.31. The minimum Gasteiger partial charge on any atom is -0.479 e. The van der Waals surface area contributed by atoms with Gasteiger partial charge >= 0.3 is 11.9 Å². The fourth-order valence-electron chi connectivity index (χ4n) is 0.932. The lowest BCUT2D eigenvalue weighted by molar-refractivity contribution is -0.167. The smallest absolute Gasteiger partial charge is 0.332 e. The van der Waals surface area contributed by atoms with Crippen LogP contribution >= 0.6 is 0 Å². The molecule has 4 N–H and O–H groups in total. The van der Waals surface area contributed by atoms with E-state index in [1.807, 2.05) is 0 Å². The van der Waals surface area contributed by atoms with E-state index in [9.17, 15) is 9.59 Å². The number of hydrogen-bond donors (Lipinski definition) is 4. The van der Waals surface area contributed by atoms with Gasteiger partial charge in [-0.05, 0) is 0 Å². The summed E-state index contributed by atoms with van der Waals surface area (Å²) in [6.07, 6.45) is -3.12. The summed E-state index contributed by atoms with van der Waals surface area (Å²) >= 11 is 0. The summed E-state index contributed by atoms with van der Waals surface area (Å²) in [5.41, 5.74) is 0. The maximum absolute atomic E-state index is 10.6. The summed E-state index contributed by atoms with van der Waals surface area (Å²) in [5, 5.41) is 34.3. The number of aliphatic hydroxyl groups excluding tert-OH is 2. The zero-order chi connectivity index (χ0) is 11.8. The Balaban J connectivity index is 4.32. The van der Waals surface area contributed by atoms with Gasteiger partial charge in [0.1, 0.15) is 0 Å². The van der Waals surface area contributed by atoms with Crippen molar-refractivity contribution in [1.29, 1.82) is 0 Å². The molecule has 0 rings (SSSR count). The van der Waals surface area contributed by atoms with Crippen LogP contribution in [0.25, 0.3) is 0 Å². The Labute approximate surface area is 85.9 Å². The molecule has 0 aliphatic heterocycles. The van der Waals surface area contributed by atoms with Gasteiger partial charge in [0.2, 0.25) is 0 Å². The second-order valence-electron chi connectivity index (χ2n) is 2.81. The van der Waals surface area contributed by atoms with Gasteiger partial charge < -0.3 is 25.2 Å². The van der Waals surface area contributed by atoms with Crippen LogP contribution in [0.4, 0.5) is 0 Å². The van der Waals surface area contributed by atoms with E-state index in [0.29, 0.717) is 0 Å². The Hall–Kier alpha value is -1.18. The van der Waals surface area contributed by atoms with E-state index < -0.39 is 37.4 Å². The maximum atomic E-state index is 10.6. The average Bonchev–Trinajstić information content (AvgIpc) is 2.15. The van der Waals surface area contributed by atoms with Gasteiger partial charge in [-0.25, -0.2) is 9.59 Å². The Kier molecular flexibility index (Phi) is 6.59. The van der Waals surface area contributed by atoms with E-state index in [1.54, 1.807) is 0 Å². The van der Waals surface area contributed by atoms with E-state index >= 15 is 0 Å². The predicted molar refractivity (Wildman–Crippen MR) is 47.3 cm³/mol. The standard InChI is InChI=1S/C8H14O7/c9-3-1-5(7(11)12)15-6(2-4-10)8(13)14/h5-6,9-10H,1-4H2,(H,11,12)(H,13,14). The van der Waals surface area contributed by atoms with Crippen molar-refractivity contribution < 1.29 is 34.8 Å². The third-order valence-corrected chi connectivity index (χ3v) is 1.66. The second kappa shape index (κ2) is 7.16. The van der Waals surface area contributed by atoms with Gasteiger partial charge in [-0.3, -0.25) is 0 Å². The Bertz CT molecular complexity index is 193. The molecule has 0 saturated heterocycles. The number of carboxylic acids is 2. The molecule has 0 saturated carbocycles. The molecule has 0 bridgehead atoms. The van der Waals surface area contributed by atoms with Gasteiger partial charge in [-0.2, -0.15) is 0 Å². The van der Waals surface area contributed by atoms with E-state index in [-0.39, 0.29) is 12.8 Å². The van der Waals surface area contributed by atoms with Crippen LogP contribution in [-0.4, -0.2) is 57.8 Å². The fourth-order valence-corrected chi connectivity index (χ4v) is 0.932. The molecule has 88 valence electrons. The summed E-state index contributed by atoms with van der Waals surface area (Å²) < 4.78 is 4.74. The van der Waals surface area contributed by atoms with Crippen molar-refractivity contribution >= 4 is 11.9 Å². The Morgan fingerprint density at radius 1 is 0.933 bits per heavy atom. The van der Waals surface area contributed by atoms with Gasteiger partial charge in [-0.15, -0.1) is 0 Å². The van der Waals surface area contributed by atoms with E-state index in [1.165, 1.54) is 0 Å². The van der Waals surface area contributed by atoms with Crippen molar-refractivity contribution in [3.8, 4) is 0 Å². The number of ether oxygens (including phenoxy) is 1. The number of hydrogen-bond acceptors (Lipinski definition) is 5. The van der Waals surface area contributed by atoms with Crippen molar-refractivity contribution in [3.05, 3.63) is 0 Å². The number of carbonyl (C=O) groups is 2. The zero-order valence-electron chi connectivity index (χ0n) is 8.00. The summed E-state index contributed by atoms with van der Waals surface area (Å²) in [5.74, 6) is -2.68. The van der Waals surface area contributed by atoms with Crippen LogP contribution < -0.4 is 0 Å². The van der Waals surface area contributed by atoms with Gasteiger partial charge in [-0.1, -0.05) is 0 Å². The molecule has 0 aliphatic carbocycles. The highest BCUT2D eigenvalue weighted by Crippen LogP contribution is 2.07. The lowest BCUT2D eigenvalue weighted by Crippen LogP contribution is -2.35. The molecule has 15 heavy (non-hydrogen) atoms. The summed E-state index contributed by atoms with van der Waals surface area (Å²) in [4.78, 5) is 21.1. The molecule has 7 nitrogen and oxygen atoms in total. The van der Waals surface area contributed by atoms with Crippen molar-refractivity contribution in [2.24, 2.45) is 0 Å². The monoisotopic (exact) mass is 222 g/mol. The van der Waals surface area contributed by atoms with Crippen LogP contribution in [0.1, 0.15) is 12.8 Å². The summed E-state index contributed by atoms with van der Waals surface area (Å²) in [6.45, 7) is -0.829. The molecule has 0 radical (unpaired) electrons.